The fourth-order valence-corrected chi connectivity index (χ4v) is 3.84. The molecule has 1 rings (SSSR count). The first kappa shape index (κ1) is 23.1. The molecule has 1 aromatic carbocycles. The van der Waals surface area contributed by atoms with Gasteiger partial charge in [0.1, 0.15) is 0 Å². The number of carbonyl (C=O) groups is 2. The molecule has 0 aliphatic heterocycles. The van der Waals surface area contributed by atoms with Gasteiger partial charge in [0.2, 0.25) is 0 Å². The van der Waals surface area contributed by atoms with E-state index < -0.39 is 50.3 Å². The van der Waals surface area contributed by atoms with Crippen molar-refractivity contribution in [3.63, 3.8) is 0 Å². The molecule has 0 spiro atoms. The van der Waals surface area contributed by atoms with E-state index in [9.17, 15) is 9.59 Å². The Hall–Kier alpha value is -0.890. The third-order valence-electron chi connectivity index (χ3n) is 3.36. The summed E-state index contributed by atoms with van der Waals surface area (Å²) in [6.07, 6.45) is 0. The van der Waals surface area contributed by atoms with Gasteiger partial charge in [-0.15, -0.1) is 0 Å². The SMILES string of the molecule is Nc1c(Cl)c(C(=O)NC(CO)CO)c(I)c(C(=O)NC(CO)CO)c1Cl. The van der Waals surface area contributed by atoms with Gasteiger partial charge in [0, 0.05) is 3.57 Å². The molecular formula is C14H18Cl2IN3O6. The number of nitrogens with two attached hydrogens (primary N) is 1. The first-order chi connectivity index (χ1) is 12.2. The van der Waals surface area contributed by atoms with E-state index in [2.05, 4.69) is 10.6 Å². The van der Waals surface area contributed by atoms with E-state index in [1.165, 1.54) is 0 Å². The van der Waals surface area contributed by atoms with E-state index in [1.807, 2.05) is 0 Å². The molecule has 146 valence electrons. The number of aliphatic hydroxyl groups is 4. The number of hydrogen-bond donors (Lipinski definition) is 7. The normalized spacial score (nSPS) is 11.1. The molecule has 0 heterocycles. The van der Waals surface area contributed by atoms with E-state index in [4.69, 9.17) is 49.4 Å². The van der Waals surface area contributed by atoms with E-state index >= 15 is 0 Å². The van der Waals surface area contributed by atoms with Crippen molar-refractivity contribution in [1.82, 2.24) is 10.6 Å². The van der Waals surface area contributed by atoms with Crippen LogP contribution in [0.2, 0.25) is 10.0 Å². The lowest BCUT2D eigenvalue weighted by molar-refractivity contribution is 0.0875. The van der Waals surface area contributed by atoms with E-state index in [0.29, 0.717) is 0 Å². The summed E-state index contributed by atoms with van der Waals surface area (Å²) >= 11 is 13.9. The average molecular weight is 522 g/mol. The van der Waals surface area contributed by atoms with Crippen LogP contribution in [-0.4, -0.2) is 70.8 Å². The summed E-state index contributed by atoms with van der Waals surface area (Å²) in [5.41, 5.74) is 5.27. The Morgan fingerprint density at radius 3 is 1.46 bits per heavy atom. The Morgan fingerprint density at radius 1 is 0.885 bits per heavy atom. The predicted octanol–water partition coefficient (Wildman–Crippen LogP) is -0.654. The summed E-state index contributed by atoms with van der Waals surface area (Å²) in [5, 5.41) is 40.7. The van der Waals surface area contributed by atoms with Gasteiger partial charge in [0.05, 0.1) is 65.4 Å². The quantitative estimate of drug-likeness (QED) is 0.176. The fraction of sp³-hybridized carbons (Fsp3) is 0.429. The zero-order chi connectivity index (χ0) is 20.0. The van der Waals surface area contributed by atoms with Gasteiger partial charge in [-0.05, 0) is 22.6 Å². The van der Waals surface area contributed by atoms with Gasteiger partial charge in [0.15, 0.2) is 0 Å². The number of nitrogen functional groups attached to an aromatic ring is 1. The lowest BCUT2D eigenvalue weighted by Gasteiger charge is -2.20. The molecule has 0 aliphatic rings. The maximum atomic E-state index is 12.5. The fourth-order valence-electron chi connectivity index (χ4n) is 1.90. The number of rotatable bonds is 8. The number of amides is 2. The summed E-state index contributed by atoms with van der Waals surface area (Å²) in [6, 6.07) is -1.87. The monoisotopic (exact) mass is 521 g/mol. The third kappa shape index (κ3) is 5.09. The van der Waals surface area contributed by atoms with Gasteiger partial charge in [-0.3, -0.25) is 9.59 Å². The Balaban J connectivity index is 3.40. The van der Waals surface area contributed by atoms with Crippen LogP contribution in [0.1, 0.15) is 20.7 Å². The van der Waals surface area contributed by atoms with Gasteiger partial charge in [0.25, 0.3) is 11.8 Å². The van der Waals surface area contributed by atoms with Crippen molar-refractivity contribution in [3.05, 3.63) is 24.7 Å². The predicted molar refractivity (Wildman–Crippen MR) is 104 cm³/mol. The number of anilines is 1. The molecule has 12 heteroatoms. The summed E-state index contributed by atoms with van der Waals surface area (Å²) in [4.78, 5) is 24.9. The van der Waals surface area contributed by atoms with Crippen LogP contribution in [0.4, 0.5) is 5.69 Å². The molecule has 1 aromatic rings. The summed E-state index contributed by atoms with van der Waals surface area (Å²) in [6.45, 7) is -2.05. The molecular weight excluding hydrogens is 504 g/mol. The number of benzene rings is 1. The summed E-state index contributed by atoms with van der Waals surface area (Å²) < 4.78 is 0.0751. The Bertz CT molecular complexity index is 630. The molecule has 0 aromatic heterocycles. The summed E-state index contributed by atoms with van der Waals surface area (Å²) in [5.74, 6) is -1.54. The molecule has 0 saturated carbocycles. The van der Waals surface area contributed by atoms with Crippen LogP contribution in [0.25, 0.3) is 0 Å². The molecule has 9 nitrogen and oxygen atoms in total. The van der Waals surface area contributed by atoms with Crippen LogP contribution in [0.3, 0.4) is 0 Å². The summed E-state index contributed by atoms with van der Waals surface area (Å²) in [7, 11) is 0. The number of halogens is 3. The lowest BCUT2D eigenvalue weighted by atomic mass is 10.1. The van der Waals surface area contributed by atoms with Crippen molar-refractivity contribution >= 4 is 63.3 Å². The minimum Gasteiger partial charge on any atom is -0.396 e. The highest BCUT2D eigenvalue weighted by Crippen LogP contribution is 2.38. The Labute approximate surface area is 172 Å². The van der Waals surface area contributed by atoms with Crippen molar-refractivity contribution < 1.29 is 30.0 Å². The minimum absolute atomic E-state index is 0.0751. The lowest BCUT2D eigenvalue weighted by Crippen LogP contribution is -2.42. The zero-order valence-electron chi connectivity index (χ0n) is 13.3. The molecule has 26 heavy (non-hydrogen) atoms. The van der Waals surface area contributed by atoms with Crippen molar-refractivity contribution in [1.29, 1.82) is 0 Å². The molecule has 0 unspecified atom stereocenters. The topological polar surface area (TPSA) is 165 Å². The molecule has 0 atom stereocenters. The standard InChI is InChI=1S/C14H18Cl2IN3O6/c15-9-7(13(25)19-5(1-21)2-22)11(17)8(10(16)12(9)18)14(26)20-6(3-23)4-24/h5-6,21-24H,1-4,18H2,(H,19,25)(H,20,26). The molecule has 2 amide bonds. The molecule has 8 N–H and O–H groups in total. The highest BCUT2D eigenvalue weighted by molar-refractivity contribution is 14.1. The molecule has 0 saturated heterocycles. The van der Waals surface area contributed by atoms with Gasteiger partial charge in [-0.25, -0.2) is 0 Å². The van der Waals surface area contributed by atoms with Crippen molar-refractivity contribution in [3.8, 4) is 0 Å². The molecule has 0 bridgehead atoms. The van der Waals surface area contributed by atoms with Crippen LogP contribution in [0, 0.1) is 3.57 Å². The first-order valence-electron chi connectivity index (χ1n) is 7.24. The second-order valence-corrected chi connectivity index (χ2v) is 7.01. The highest BCUT2D eigenvalue weighted by Gasteiger charge is 2.29. The number of carbonyl (C=O) groups excluding carboxylic acids is 2. The maximum absolute atomic E-state index is 12.5. The van der Waals surface area contributed by atoms with Gasteiger partial charge >= 0.3 is 0 Å². The van der Waals surface area contributed by atoms with Crippen LogP contribution in [0.5, 0.6) is 0 Å². The van der Waals surface area contributed by atoms with Crippen LogP contribution in [0.15, 0.2) is 0 Å². The van der Waals surface area contributed by atoms with Crippen molar-refractivity contribution in [2.24, 2.45) is 0 Å². The molecule has 0 fully saturated rings. The number of hydrogen-bond acceptors (Lipinski definition) is 7. The van der Waals surface area contributed by atoms with E-state index in [1.54, 1.807) is 22.6 Å². The van der Waals surface area contributed by atoms with Crippen molar-refractivity contribution in [2.75, 3.05) is 32.2 Å². The largest absolute Gasteiger partial charge is 0.396 e. The zero-order valence-corrected chi connectivity index (χ0v) is 17.0. The van der Waals surface area contributed by atoms with Gasteiger partial charge in [-0.1, -0.05) is 23.2 Å². The minimum atomic E-state index is -0.934. The first-order valence-corrected chi connectivity index (χ1v) is 9.07. The smallest absolute Gasteiger partial charge is 0.254 e. The van der Waals surface area contributed by atoms with E-state index in [-0.39, 0.29) is 30.4 Å². The Kier molecular flexibility index (Phi) is 9.30. The molecule has 0 aliphatic carbocycles. The highest BCUT2D eigenvalue weighted by atomic mass is 127. The van der Waals surface area contributed by atoms with Gasteiger partial charge < -0.3 is 36.8 Å². The van der Waals surface area contributed by atoms with Crippen LogP contribution in [-0.2, 0) is 0 Å². The number of nitrogens with one attached hydrogen (secondary N) is 2. The van der Waals surface area contributed by atoms with Crippen LogP contribution >= 0.6 is 45.8 Å². The van der Waals surface area contributed by atoms with Crippen molar-refractivity contribution in [2.45, 2.75) is 12.1 Å². The van der Waals surface area contributed by atoms with Gasteiger partial charge in [-0.2, -0.15) is 0 Å². The average Bonchev–Trinajstić information content (AvgIpc) is 2.62. The Morgan fingerprint density at radius 2 is 1.19 bits per heavy atom. The second kappa shape index (κ2) is 10.4. The molecule has 0 radical (unpaired) electrons. The van der Waals surface area contributed by atoms with Crippen LogP contribution < -0.4 is 16.4 Å². The maximum Gasteiger partial charge on any atom is 0.254 e. The van der Waals surface area contributed by atoms with E-state index in [0.717, 1.165) is 0 Å². The third-order valence-corrected chi connectivity index (χ3v) is 5.22. The number of aliphatic hydroxyl groups excluding tert-OH is 4. The second-order valence-electron chi connectivity index (χ2n) is 5.18.